The molecule has 0 unspecified atom stereocenters. The highest BCUT2D eigenvalue weighted by Crippen LogP contribution is 2.22. The first kappa shape index (κ1) is 12.5. The van der Waals surface area contributed by atoms with Gasteiger partial charge in [0.2, 0.25) is 9.84 Å². The van der Waals surface area contributed by atoms with Crippen molar-refractivity contribution in [2.75, 3.05) is 0 Å². The fraction of sp³-hybridized carbons (Fsp3) is 0. The van der Waals surface area contributed by atoms with Gasteiger partial charge < -0.3 is 0 Å². The molecule has 0 fully saturated rings. The van der Waals surface area contributed by atoms with Crippen LogP contribution in [-0.4, -0.2) is 8.42 Å². The summed E-state index contributed by atoms with van der Waals surface area (Å²) >= 11 is 0. The molecule has 18 heavy (non-hydrogen) atoms. The van der Waals surface area contributed by atoms with Crippen LogP contribution in [0.15, 0.2) is 64.9 Å². The molecule has 0 amide bonds. The Bertz CT molecular complexity index is 676. The Morgan fingerprint density at radius 1 is 1.00 bits per heavy atom. The molecule has 4 heteroatoms. The van der Waals surface area contributed by atoms with Crippen LogP contribution in [0, 0.1) is 5.82 Å². The Morgan fingerprint density at radius 2 is 1.67 bits per heavy atom. The maximum atomic E-state index is 13.6. The van der Waals surface area contributed by atoms with Crippen molar-refractivity contribution in [2.24, 2.45) is 0 Å². The van der Waals surface area contributed by atoms with E-state index in [9.17, 15) is 12.8 Å². The molecule has 0 N–H and O–H groups in total. The molecular formula is C14H11FO2S. The van der Waals surface area contributed by atoms with Gasteiger partial charge in [-0.3, -0.25) is 0 Å². The first-order chi connectivity index (χ1) is 8.55. The molecule has 0 spiro atoms. The van der Waals surface area contributed by atoms with Gasteiger partial charge in [0, 0.05) is 5.56 Å². The van der Waals surface area contributed by atoms with E-state index in [1.807, 2.05) is 0 Å². The van der Waals surface area contributed by atoms with Crippen LogP contribution >= 0.6 is 0 Å². The summed E-state index contributed by atoms with van der Waals surface area (Å²) in [6, 6.07) is 11.7. The molecule has 92 valence electrons. The van der Waals surface area contributed by atoms with Crippen molar-refractivity contribution >= 4 is 15.9 Å². The fourth-order valence-corrected chi connectivity index (χ4v) is 2.87. The van der Waals surface area contributed by atoms with E-state index in [1.54, 1.807) is 18.2 Å². The maximum Gasteiger partial charge on any atom is 0.206 e. The normalized spacial score (nSPS) is 11.2. The van der Waals surface area contributed by atoms with E-state index in [0.29, 0.717) is 0 Å². The lowest BCUT2D eigenvalue weighted by Crippen LogP contribution is -2.02. The van der Waals surface area contributed by atoms with Gasteiger partial charge in [0.1, 0.15) is 5.82 Å². The predicted octanol–water partition coefficient (Wildman–Crippen LogP) is 3.30. The van der Waals surface area contributed by atoms with Crippen molar-refractivity contribution in [3.05, 3.63) is 66.5 Å². The molecule has 2 aromatic carbocycles. The molecule has 0 aliphatic carbocycles. The van der Waals surface area contributed by atoms with E-state index in [1.165, 1.54) is 30.3 Å². The van der Waals surface area contributed by atoms with Crippen LogP contribution in [0.25, 0.3) is 6.08 Å². The standard InChI is InChI=1S/C14H11FO2S/c1-2-11-8-9-13(10-14(11)15)18(16,17)12-6-4-3-5-7-12/h2-10H,1H2. The summed E-state index contributed by atoms with van der Waals surface area (Å²) in [5.74, 6) is -0.595. The lowest BCUT2D eigenvalue weighted by Gasteiger charge is -2.05. The smallest absolute Gasteiger partial charge is 0.206 e. The van der Waals surface area contributed by atoms with Crippen molar-refractivity contribution in [1.29, 1.82) is 0 Å². The minimum atomic E-state index is -3.66. The zero-order valence-electron chi connectivity index (χ0n) is 9.51. The molecule has 2 rings (SSSR count). The molecule has 0 saturated heterocycles. The number of halogens is 1. The quantitative estimate of drug-likeness (QED) is 0.850. The Kier molecular flexibility index (Phi) is 3.30. The second kappa shape index (κ2) is 4.74. The van der Waals surface area contributed by atoms with Crippen molar-refractivity contribution in [2.45, 2.75) is 9.79 Å². The van der Waals surface area contributed by atoms with Crippen molar-refractivity contribution in [3.63, 3.8) is 0 Å². The molecular weight excluding hydrogens is 251 g/mol. The van der Waals surface area contributed by atoms with Crippen LogP contribution < -0.4 is 0 Å². The molecule has 0 aliphatic rings. The molecule has 0 aliphatic heterocycles. The zero-order valence-corrected chi connectivity index (χ0v) is 10.3. The van der Waals surface area contributed by atoms with Gasteiger partial charge in [-0.15, -0.1) is 0 Å². The van der Waals surface area contributed by atoms with E-state index in [4.69, 9.17) is 0 Å². The summed E-state index contributed by atoms with van der Waals surface area (Å²) in [6.45, 7) is 3.45. The minimum Gasteiger partial charge on any atom is -0.219 e. The summed E-state index contributed by atoms with van der Waals surface area (Å²) in [5.41, 5.74) is 0.280. The predicted molar refractivity (Wildman–Crippen MR) is 68.4 cm³/mol. The van der Waals surface area contributed by atoms with Gasteiger partial charge in [-0.05, 0) is 24.3 Å². The highest BCUT2D eigenvalue weighted by Gasteiger charge is 2.18. The summed E-state index contributed by atoms with van der Waals surface area (Å²) in [5, 5.41) is 0. The highest BCUT2D eigenvalue weighted by molar-refractivity contribution is 7.91. The molecule has 2 nitrogen and oxygen atoms in total. The average molecular weight is 262 g/mol. The Labute approximate surface area is 105 Å². The number of sulfone groups is 1. The second-order valence-corrected chi connectivity index (χ2v) is 5.65. The van der Waals surface area contributed by atoms with Crippen LogP contribution in [0.5, 0.6) is 0 Å². The summed E-state index contributed by atoms with van der Waals surface area (Å²) in [6.07, 6.45) is 1.34. The van der Waals surface area contributed by atoms with Gasteiger partial charge in [0.15, 0.2) is 0 Å². The van der Waals surface area contributed by atoms with Crippen molar-refractivity contribution < 1.29 is 12.8 Å². The maximum absolute atomic E-state index is 13.6. The third-order valence-electron chi connectivity index (χ3n) is 2.56. The average Bonchev–Trinajstić information content (AvgIpc) is 2.39. The summed E-state index contributed by atoms with van der Waals surface area (Å²) < 4.78 is 37.9. The summed E-state index contributed by atoms with van der Waals surface area (Å²) in [7, 11) is -3.66. The highest BCUT2D eigenvalue weighted by atomic mass is 32.2. The minimum absolute atomic E-state index is 0.0585. The lowest BCUT2D eigenvalue weighted by atomic mass is 10.2. The van der Waals surface area contributed by atoms with Crippen LogP contribution in [0.3, 0.4) is 0 Å². The number of hydrogen-bond acceptors (Lipinski definition) is 2. The third-order valence-corrected chi connectivity index (χ3v) is 4.32. The van der Waals surface area contributed by atoms with Gasteiger partial charge in [-0.25, -0.2) is 12.8 Å². The molecule has 0 aromatic heterocycles. The van der Waals surface area contributed by atoms with Crippen LogP contribution in [0.2, 0.25) is 0 Å². The number of rotatable bonds is 3. The third kappa shape index (κ3) is 2.19. The zero-order chi connectivity index (χ0) is 13.2. The largest absolute Gasteiger partial charge is 0.219 e. The van der Waals surface area contributed by atoms with E-state index in [2.05, 4.69) is 6.58 Å². The van der Waals surface area contributed by atoms with Gasteiger partial charge in [0.25, 0.3) is 0 Å². The van der Waals surface area contributed by atoms with Gasteiger partial charge in [-0.1, -0.05) is 36.9 Å². The van der Waals surface area contributed by atoms with E-state index in [0.717, 1.165) is 6.07 Å². The van der Waals surface area contributed by atoms with E-state index in [-0.39, 0.29) is 15.4 Å². The first-order valence-corrected chi connectivity index (χ1v) is 6.76. The Morgan fingerprint density at radius 3 is 2.22 bits per heavy atom. The van der Waals surface area contributed by atoms with E-state index >= 15 is 0 Å². The second-order valence-electron chi connectivity index (χ2n) is 3.70. The monoisotopic (exact) mass is 262 g/mol. The van der Waals surface area contributed by atoms with E-state index < -0.39 is 15.7 Å². The Balaban J connectivity index is 2.55. The van der Waals surface area contributed by atoms with Crippen LogP contribution in [-0.2, 0) is 9.84 Å². The molecule has 0 heterocycles. The first-order valence-electron chi connectivity index (χ1n) is 5.28. The molecule has 0 saturated carbocycles. The Hall–Kier alpha value is -1.94. The van der Waals surface area contributed by atoms with Crippen LogP contribution in [0.1, 0.15) is 5.56 Å². The van der Waals surface area contributed by atoms with Gasteiger partial charge >= 0.3 is 0 Å². The SMILES string of the molecule is C=Cc1ccc(S(=O)(=O)c2ccccc2)cc1F. The molecule has 0 atom stereocenters. The van der Waals surface area contributed by atoms with Crippen molar-refractivity contribution in [3.8, 4) is 0 Å². The van der Waals surface area contributed by atoms with Gasteiger partial charge in [0.05, 0.1) is 9.79 Å². The van der Waals surface area contributed by atoms with Crippen molar-refractivity contribution in [1.82, 2.24) is 0 Å². The lowest BCUT2D eigenvalue weighted by molar-refractivity contribution is 0.590. The number of benzene rings is 2. The molecule has 2 aromatic rings. The van der Waals surface area contributed by atoms with Crippen LogP contribution in [0.4, 0.5) is 4.39 Å². The topological polar surface area (TPSA) is 34.1 Å². The molecule has 0 radical (unpaired) electrons. The number of hydrogen-bond donors (Lipinski definition) is 0. The molecule has 0 bridgehead atoms. The fourth-order valence-electron chi connectivity index (χ4n) is 1.58. The summed E-state index contributed by atoms with van der Waals surface area (Å²) in [4.78, 5) is 0.0903. The van der Waals surface area contributed by atoms with Gasteiger partial charge in [-0.2, -0.15) is 0 Å².